The van der Waals surface area contributed by atoms with Crippen molar-refractivity contribution in [3.8, 4) is 0 Å². The summed E-state index contributed by atoms with van der Waals surface area (Å²) in [5.74, 6) is -0.647. The van der Waals surface area contributed by atoms with Gasteiger partial charge in [0.25, 0.3) is 0 Å². The standard InChI is InChI=1S/C16H16ClFN2O3/c17-10-2-1-8(5-11(10)18)16(3-4-16)14(21)20-12-6-9-7-13(12)23-15(22)19-9/h1-2,5,9,12-13H,3-4,6-7H2,(H,19,22)(H,20,21)/t9-,12-,13-/m1/s1. The molecule has 1 aromatic rings. The summed E-state index contributed by atoms with van der Waals surface area (Å²) in [7, 11) is 0. The lowest BCUT2D eigenvalue weighted by atomic mass is 9.94. The molecular formula is C16H16ClFN2O3. The highest BCUT2D eigenvalue weighted by atomic mass is 35.5. The first-order chi connectivity index (χ1) is 11.0. The van der Waals surface area contributed by atoms with Gasteiger partial charge >= 0.3 is 6.09 Å². The third-order valence-electron chi connectivity index (χ3n) is 5.06. The fraction of sp³-hybridized carbons (Fsp3) is 0.500. The number of carbonyl (C=O) groups is 2. The van der Waals surface area contributed by atoms with Crippen LogP contribution in [0.2, 0.25) is 5.02 Å². The van der Waals surface area contributed by atoms with E-state index in [9.17, 15) is 14.0 Å². The molecule has 2 bridgehead atoms. The van der Waals surface area contributed by atoms with Gasteiger partial charge in [-0.15, -0.1) is 0 Å². The molecule has 3 atom stereocenters. The first-order valence-corrected chi connectivity index (χ1v) is 8.09. The van der Waals surface area contributed by atoms with E-state index in [-0.39, 0.29) is 29.1 Å². The first kappa shape index (κ1) is 14.8. The molecule has 0 radical (unpaired) electrons. The lowest BCUT2D eigenvalue weighted by Crippen LogP contribution is -2.46. The van der Waals surface area contributed by atoms with Gasteiger partial charge in [-0.3, -0.25) is 4.79 Å². The Morgan fingerprint density at radius 1 is 1.39 bits per heavy atom. The monoisotopic (exact) mass is 338 g/mol. The Kier molecular flexibility index (Phi) is 3.27. The molecule has 4 rings (SSSR count). The predicted octanol–water partition coefficient (Wildman–Crippen LogP) is 2.27. The van der Waals surface area contributed by atoms with Crippen molar-refractivity contribution in [2.45, 2.75) is 49.3 Å². The van der Waals surface area contributed by atoms with Crippen LogP contribution in [0.15, 0.2) is 18.2 Å². The fourth-order valence-electron chi connectivity index (χ4n) is 3.61. The highest BCUT2D eigenvalue weighted by molar-refractivity contribution is 6.30. The number of benzene rings is 1. The molecule has 1 aliphatic heterocycles. The Bertz CT molecular complexity index is 692. The van der Waals surface area contributed by atoms with E-state index < -0.39 is 17.3 Å². The molecule has 23 heavy (non-hydrogen) atoms. The topological polar surface area (TPSA) is 67.4 Å². The van der Waals surface area contributed by atoms with Gasteiger partial charge in [-0.25, -0.2) is 9.18 Å². The molecule has 1 saturated heterocycles. The highest BCUT2D eigenvalue weighted by Gasteiger charge is 2.53. The summed E-state index contributed by atoms with van der Waals surface area (Å²) in [4.78, 5) is 24.1. The number of halogens is 2. The SMILES string of the molecule is O=C1N[C@@H]2C[C@@H](NC(=O)C3(c4ccc(Cl)c(F)c4)CC3)[C@@H](C2)O1. The maximum absolute atomic E-state index is 13.7. The molecule has 0 aromatic heterocycles. The Morgan fingerprint density at radius 2 is 2.17 bits per heavy atom. The number of amides is 2. The lowest BCUT2D eigenvalue weighted by Gasteiger charge is -2.24. The molecule has 3 aliphatic rings. The van der Waals surface area contributed by atoms with Gasteiger partial charge in [-0.1, -0.05) is 17.7 Å². The van der Waals surface area contributed by atoms with Crippen LogP contribution in [0.4, 0.5) is 9.18 Å². The Morgan fingerprint density at radius 3 is 2.87 bits per heavy atom. The fourth-order valence-corrected chi connectivity index (χ4v) is 3.73. The number of fused-ring (bicyclic) bond motifs is 2. The summed E-state index contributed by atoms with van der Waals surface area (Å²) in [5.41, 5.74) is -0.0347. The van der Waals surface area contributed by atoms with Gasteiger partial charge in [-0.05, 0) is 37.0 Å². The molecule has 2 saturated carbocycles. The molecule has 5 nitrogen and oxygen atoms in total. The smallest absolute Gasteiger partial charge is 0.407 e. The van der Waals surface area contributed by atoms with E-state index in [2.05, 4.69) is 10.6 Å². The van der Waals surface area contributed by atoms with Crippen LogP contribution in [0.5, 0.6) is 0 Å². The largest absolute Gasteiger partial charge is 0.444 e. The summed E-state index contributed by atoms with van der Waals surface area (Å²) in [6, 6.07) is 4.37. The maximum Gasteiger partial charge on any atom is 0.407 e. The van der Waals surface area contributed by atoms with Gasteiger partial charge in [0.05, 0.1) is 16.5 Å². The molecule has 3 fully saturated rings. The van der Waals surface area contributed by atoms with Crippen LogP contribution in [0.3, 0.4) is 0 Å². The average Bonchev–Trinajstić information content (AvgIpc) is 3.25. The second-order valence-corrected chi connectivity index (χ2v) is 6.95. The van der Waals surface area contributed by atoms with Gasteiger partial charge in [0.2, 0.25) is 5.91 Å². The summed E-state index contributed by atoms with van der Waals surface area (Å²) in [6.07, 6.45) is 2.02. The van der Waals surface area contributed by atoms with Crippen molar-refractivity contribution in [2.24, 2.45) is 0 Å². The molecule has 0 spiro atoms. The number of nitrogens with one attached hydrogen (secondary N) is 2. The van der Waals surface area contributed by atoms with Crippen molar-refractivity contribution in [2.75, 3.05) is 0 Å². The minimum atomic E-state index is -0.681. The van der Waals surface area contributed by atoms with E-state index in [1.807, 2.05) is 0 Å². The van der Waals surface area contributed by atoms with Crippen LogP contribution in [-0.4, -0.2) is 30.2 Å². The van der Waals surface area contributed by atoms with Gasteiger partial charge < -0.3 is 15.4 Å². The van der Waals surface area contributed by atoms with E-state index in [1.54, 1.807) is 6.07 Å². The zero-order chi connectivity index (χ0) is 16.2. The molecule has 7 heteroatoms. The van der Waals surface area contributed by atoms with E-state index in [0.29, 0.717) is 31.2 Å². The average molecular weight is 339 g/mol. The number of hydrogen-bond donors (Lipinski definition) is 2. The van der Waals surface area contributed by atoms with Gasteiger partial charge in [0, 0.05) is 12.5 Å². The minimum Gasteiger partial charge on any atom is -0.444 e. The van der Waals surface area contributed by atoms with E-state index in [4.69, 9.17) is 16.3 Å². The Labute approximate surface area is 137 Å². The van der Waals surface area contributed by atoms with Crippen molar-refractivity contribution in [1.29, 1.82) is 0 Å². The van der Waals surface area contributed by atoms with E-state index >= 15 is 0 Å². The molecule has 122 valence electrons. The number of ether oxygens (including phenoxy) is 1. The quantitative estimate of drug-likeness (QED) is 0.888. The normalized spacial score (nSPS) is 30.3. The number of hydrogen-bond acceptors (Lipinski definition) is 3. The molecule has 2 amide bonds. The molecule has 0 unspecified atom stereocenters. The van der Waals surface area contributed by atoms with Crippen molar-refractivity contribution in [3.05, 3.63) is 34.6 Å². The third kappa shape index (κ3) is 2.45. The van der Waals surface area contributed by atoms with E-state index in [1.165, 1.54) is 12.1 Å². The Hall–Kier alpha value is -1.82. The van der Waals surface area contributed by atoms with Crippen LogP contribution in [0, 0.1) is 5.82 Å². The zero-order valence-corrected chi connectivity index (χ0v) is 13.0. The number of carbonyl (C=O) groups excluding carboxylic acids is 2. The van der Waals surface area contributed by atoms with Gasteiger partial charge in [0.1, 0.15) is 11.9 Å². The third-order valence-corrected chi connectivity index (χ3v) is 5.36. The summed E-state index contributed by atoms with van der Waals surface area (Å²) >= 11 is 5.71. The van der Waals surface area contributed by atoms with Gasteiger partial charge in [0.15, 0.2) is 0 Å². The summed E-state index contributed by atoms with van der Waals surface area (Å²) in [6.45, 7) is 0. The van der Waals surface area contributed by atoms with Crippen LogP contribution < -0.4 is 10.6 Å². The summed E-state index contributed by atoms with van der Waals surface area (Å²) in [5, 5.41) is 5.78. The number of alkyl carbamates (subject to hydrolysis) is 1. The van der Waals surface area contributed by atoms with Crippen LogP contribution in [-0.2, 0) is 14.9 Å². The molecule has 2 aliphatic carbocycles. The predicted molar refractivity (Wildman–Crippen MR) is 80.7 cm³/mol. The highest BCUT2D eigenvalue weighted by Crippen LogP contribution is 2.49. The van der Waals surface area contributed by atoms with Crippen LogP contribution >= 0.6 is 11.6 Å². The van der Waals surface area contributed by atoms with Crippen molar-refractivity contribution >= 4 is 23.6 Å². The molecule has 2 N–H and O–H groups in total. The summed E-state index contributed by atoms with van der Waals surface area (Å²) < 4.78 is 18.9. The maximum atomic E-state index is 13.7. The van der Waals surface area contributed by atoms with Crippen molar-refractivity contribution < 1.29 is 18.7 Å². The zero-order valence-electron chi connectivity index (χ0n) is 12.3. The minimum absolute atomic E-state index is 0.0486. The van der Waals surface area contributed by atoms with Gasteiger partial charge in [-0.2, -0.15) is 0 Å². The first-order valence-electron chi connectivity index (χ1n) is 7.71. The Balaban J connectivity index is 1.51. The molecule has 1 aromatic carbocycles. The van der Waals surface area contributed by atoms with Crippen molar-refractivity contribution in [1.82, 2.24) is 10.6 Å². The second kappa shape index (κ2) is 5.09. The van der Waals surface area contributed by atoms with Crippen molar-refractivity contribution in [3.63, 3.8) is 0 Å². The molecular weight excluding hydrogens is 323 g/mol. The van der Waals surface area contributed by atoms with E-state index in [0.717, 1.165) is 0 Å². The second-order valence-electron chi connectivity index (χ2n) is 6.55. The molecule has 1 heterocycles. The van der Waals surface area contributed by atoms with Crippen LogP contribution in [0.25, 0.3) is 0 Å². The lowest BCUT2D eigenvalue weighted by molar-refractivity contribution is -0.125. The van der Waals surface area contributed by atoms with Crippen LogP contribution in [0.1, 0.15) is 31.2 Å². The number of rotatable bonds is 3.